The fourth-order valence-corrected chi connectivity index (χ4v) is 1.89. The standard InChI is InChI=1S/C9H7Br2N3/c1-14-8(11)7(10)13-9(14)6-3-2-4-12-5-6/h2-5H,1H3. The predicted octanol–water partition coefficient (Wildman–Crippen LogP) is 3.01. The van der Waals surface area contributed by atoms with Gasteiger partial charge >= 0.3 is 0 Å². The van der Waals surface area contributed by atoms with Crippen LogP contribution in [0.25, 0.3) is 11.4 Å². The van der Waals surface area contributed by atoms with E-state index in [0.29, 0.717) is 0 Å². The van der Waals surface area contributed by atoms with Crippen molar-refractivity contribution in [3.63, 3.8) is 0 Å². The quantitative estimate of drug-likeness (QED) is 0.809. The van der Waals surface area contributed by atoms with Crippen molar-refractivity contribution in [2.24, 2.45) is 7.05 Å². The lowest BCUT2D eigenvalue weighted by Crippen LogP contribution is -1.92. The number of pyridine rings is 1. The van der Waals surface area contributed by atoms with E-state index in [2.05, 4.69) is 41.8 Å². The fourth-order valence-electron chi connectivity index (χ4n) is 1.20. The van der Waals surface area contributed by atoms with Crippen LogP contribution in [0.5, 0.6) is 0 Å². The molecule has 14 heavy (non-hydrogen) atoms. The van der Waals surface area contributed by atoms with Gasteiger partial charge in [0, 0.05) is 25.0 Å². The largest absolute Gasteiger partial charge is 0.321 e. The molecular weight excluding hydrogens is 310 g/mol. The van der Waals surface area contributed by atoms with Gasteiger partial charge < -0.3 is 4.57 Å². The molecule has 2 aromatic rings. The maximum absolute atomic E-state index is 4.37. The van der Waals surface area contributed by atoms with E-state index in [4.69, 9.17) is 0 Å². The first-order valence-electron chi connectivity index (χ1n) is 3.98. The van der Waals surface area contributed by atoms with Gasteiger partial charge in [-0.15, -0.1) is 0 Å². The molecule has 0 radical (unpaired) electrons. The summed E-state index contributed by atoms with van der Waals surface area (Å²) in [4.78, 5) is 8.43. The van der Waals surface area contributed by atoms with Crippen LogP contribution >= 0.6 is 31.9 Å². The molecule has 0 amide bonds. The van der Waals surface area contributed by atoms with Crippen molar-refractivity contribution in [2.45, 2.75) is 0 Å². The van der Waals surface area contributed by atoms with E-state index in [9.17, 15) is 0 Å². The molecule has 0 aliphatic heterocycles. The highest BCUT2D eigenvalue weighted by atomic mass is 79.9. The second-order valence-corrected chi connectivity index (χ2v) is 4.32. The molecule has 2 rings (SSSR count). The fraction of sp³-hybridized carbons (Fsp3) is 0.111. The molecule has 0 N–H and O–H groups in total. The van der Waals surface area contributed by atoms with Crippen LogP contribution in [-0.2, 0) is 7.05 Å². The highest BCUT2D eigenvalue weighted by Gasteiger charge is 2.11. The molecule has 5 heteroatoms. The van der Waals surface area contributed by atoms with Gasteiger partial charge in [-0.25, -0.2) is 4.98 Å². The van der Waals surface area contributed by atoms with E-state index in [1.807, 2.05) is 23.7 Å². The molecule has 2 heterocycles. The number of nitrogens with zero attached hydrogens (tertiary/aromatic N) is 3. The molecular formula is C9H7Br2N3. The molecule has 72 valence electrons. The summed E-state index contributed by atoms with van der Waals surface area (Å²) in [6.45, 7) is 0. The summed E-state index contributed by atoms with van der Waals surface area (Å²) < 4.78 is 3.69. The molecule has 0 saturated carbocycles. The SMILES string of the molecule is Cn1c(-c2cccnc2)nc(Br)c1Br. The van der Waals surface area contributed by atoms with E-state index in [1.165, 1.54) is 0 Å². The third-order valence-electron chi connectivity index (χ3n) is 1.91. The van der Waals surface area contributed by atoms with Gasteiger partial charge in [-0.3, -0.25) is 4.98 Å². The van der Waals surface area contributed by atoms with Gasteiger partial charge in [0.2, 0.25) is 0 Å². The van der Waals surface area contributed by atoms with Crippen LogP contribution in [0.3, 0.4) is 0 Å². The van der Waals surface area contributed by atoms with Crippen molar-refractivity contribution >= 4 is 31.9 Å². The molecule has 0 atom stereocenters. The third-order valence-corrected chi connectivity index (χ3v) is 3.90. The van der Waals surface area contributed by atoms with Gasteiger partial charge in [-0.2, -0.15) is 0 Å². The monoisotopic (exact) mass is 315 g/mol. The number of hydrogen-bond acceptors (Lipinski definition) is 2. The molecule has 0 bridgehead atoms. The average Bonchev–Trinajstić information content (AvgIpc) is 2.47. The topological polar surface area (TPSA) is 30.7 Å². The normalized spacial score (nSPS) is 10.5. The Hall–Kier alpha value is -0.680. The first kappa shape index (κ1) is 9.86. The Bertz CT molecular complexity index is 451. The smallest absolute Gasteiger partial charge is 0.143 e. The van der Waals surface area contributed by atoms with E-state index in [-0.39, 0.29) is 0 Å². The van der Waals surface area contributed by atoms with Crippen molar-refractivity contribution < 1.29 is 0 Å². The summed E-state index contributed by atoms with van der Waals surface area (Å²) in [7, 11) is 1.95. The van der Waals surface area contributed by atoms with Gasteiger partial charge in [0.1, 0.15) is 15.0 Å². The Labute approximate surface area is 98.4 Å². The van der Waals surface area contributed by atoms with Crippen LogP contribution in [0.2, 0.25) is 0 Å². The van der Waals surface area contributed by atoms with E-state index in [0.717, 1.165) is 20.6 Å². The highest BCUT2D eigenvalue weighted by molar-refractivity contribution is 9.13. The Balaban J connectivity index is 2.58. The van der Waals surface area contributed by atoms with Crippen molar-refractivity contribution in [2.75, 3.05) is 0 Å². The number of aromatic nitrogens is 3. The van der Waals surface area contributed by atoms with Crippen LogP contribution in [0.4, 0.5) is 0 Å². The number of rotatable bonds is 1. The molecule has 0 saturated heterocycles. The molecule has 0 aliphatic carbocycles. The van der Waals surface area contributed by atoms with Gasteiger partial charge in [0.05, 0.1) is 0 Å². The second kappa shape index (κ2) is 3.82. The lowest BCUT2D eigenvalue weighted by molar-refractivity contribution is 0.899. The van der Waals surface area contributed by atoms with E-state index in [1.54, 1.807) is 12.4 Å². The maximum atomic E-state index is 4.37. The van der Waals surface area contributed by atoms with Crippen LogP contribution in [0, 0.1) is 0 Å². The van der Waals surface area contributed by atoms with Gasteiger partial charge in [-0.05, 0) is 44.0 Å². The Morgan fingerprint density at radius 3 is 2.64 bits per heavy atom. The summed E-state index contributed by atoms with van der Waals surface area (Å²) >= 11 is 6.80. The van der Waals surface area contributed by atoms with Crippen molar-refractivity contribution in [1.82, 2.24) is 14.5 Å². The molecule has 0 fully saturated rings. The lowest BCUT2D eigenvalue weighted by Gasteiger charge is -2.00. The third kappa shape index (κ3) is 1.62. The molecule has 3 nitrogen and oxygen atoms in total. The summed E-state index contributed by atoms with van der Waals surface area (Å²) in [5.74, 6) is 0.886. The van der Waals surface area contributed by atoms with E-state index < -0.39 is 0 Å². The summed E-state index contributed by atoms with van der Waals surface area (Å²) in [6, 6.07) is 3.88. The number of imidazole rings is 1. The minimum atomic E-state index is 0.804. The summed E-state index contributed by atoms with van der Waals surface area (Å²) in [5, 5.41) is 0. The maximum Gasteiger partial charge on any atom is 0.143 e. The average molecular weight is 317 g/mol. The Morgan fingerprint density at radius 1 is 1.36 bits per heavy atom. The molecule has 0 aliphatic rings. The zero-order valence-electron chi connectivity index (χ0n) is 7.41. The summed E-state index contributed by atoms with van der Waals surface area (Å²) in [6.07, 6.45) is 3.54. The van der Waals surface area contributed by atoms with E-state index >= 15 is 0 Å². The van der Waals surface area contributed by atoms with Gasteiger partial charge in [-0.1, -0.05) is 0 Å². The first-order chi connectivity index (χ1) is 6.70. The van der Waals surface area contributed by atoms with Gasteiger partial charge in [0.15, 0.2) is 0 Å². The minimum absolute atomic E-state index is 0.804. The van der Waals surface area contributed by atoms with Crippen LogP contribution < -0.4 is 0 Å². The summed E-state index contributed by atoms with van der Waals surface area (Å²) in [5.41, 5.74) is 1.00. The van der Waals surface area contributed by atoms with Crippen LogP contribution in [0.15, 0.2) is 33.7 Å². The second-order valence-electron chi connectivity index (χ2n) is 2.82. The van der Waals surface area contributed by atoms with Crippen molar-refractivity contribution in [3.05, 3.63) is 33.7 Å². The molecule has 0 aromatic carbocycles. The molecule has 2 aromatic heterocycles. The lowest BCUT2D eigenvalue weighted by atomic mass is 10.3. The zero-order valence-corrected chi connectivity index (χ0v) is 10.6. The molecule has 0 spiro atoms. The highest BCUT2D eigenvalue weighted by Crippen LogP contribution is 2.27. The Morgan fingerprint density at radius 2 is 2.14 bits per heavy atom. The molecule has 0 unspecified atom stereocenters. The van der Waals surface area contributed by atoms with Gasteiger partial charge in [0.25, 0.3) is 0 Å². The Kier molecular flexibility index (Phi) is 2.69. The predicted molar refractivity (Wildman–Crippen MR) is 61.8 cm³/mol. The zero-order chi connectivity index (χ0) is 10.1. The van der Waals surface area contributed by atoms with Crippen LogP contribution in [0.1, 0.15) is 0 Å². The van der Waals surface area contributed by atoms with Crippen molar-refractivity contribution in [3.8, 4) is 11.4 Å². The number of halogens is 2. The number of hydrogen-bond donors (Lipinski definition) is 0. The first-order valence-corrected chi connectivity index (χ1v) is 5.57. The van der Waals surface area contributed by atoms with Crippen molar-refractivity contribution in [1.29, 1.82) is 0 Å². The minimum Gasteiger partial charge on any atom is -0.321 e. The van der Waals surface area contributed by atoms with Crippen LogP contribution in [-0.4, -0.2) is 14.5 Å².